The highest BCUT2D eigenvalue weighted by atomic mass is 19.1. The molecule has 6 rings (SSSR count). The molecule has 1 unspecified atom stereocenters. The number of anilines is 1. The Kier molecular flexibility index (Phi) is 8.18. The van der Waals surface area contributed by atoms with E-state index < -0.39 is 5.92 Å². The van der Waals surface area contributed by atoms with Gasteiger partial charge in [-0.25, -0.2) is 9.40 Å². The molecule has 224 valence electrons. The normalized spacial score (nSPS) is 23.4. The van der Waals surface area contributed by atoms with E-state index in [0.29, 0.717) is 40.3 Å². The second-order valence-corrected chi connectivity index (χ2v) is 12.5. The Labute approximate surface area is 246 Å². The van der Waals surface area contributed by atoms with Crippen molar-refractivity contribution in [3.05, 3.63) is 59.4 Å². The maximum atomic E-state index is 15.1. The molecule has 0 radical (unpaired) electrons. The first-order chi connectivity index (χ1) is 20.3. The molecule has 10 heteroatoms. The predicted octanol–water partition coefficient (Wildman–Crippen LogP) is 3.31. The van der Waals surface area contributed by atoms with E-state index in [9.17, 15) is 14.4 Å². The lowest BCUT2D eigenvalue weighted by Crippen LogP contribution is -2.63. The molecule has 42 heavy (non-hydrogen) atoms. The molecular weight excluding hydrogens is 537 g/mol. The van der Waals surface area contributed by atoms with Gasteiger partial charge in [0.2, 0.25) is 11.8 Å². The van der Waals surface area contributed by atoms with Gasteiger partial charge >= 0.3 is 0 Å². The van der Waals surface area contributed by atoms with Crippen LogP contribution in [0, 0.1) is 17.2 Å². The molecule has 2 N–H and O–H groups in total. The van der Waals surface area contributed by atoms with Gasteiger partial charge in [-0.3, -0.25) is 30.0 Å². The molecule has 4 fully saturated rings. The van der Waals surface area contributed by atoms with Crippen molar-refractivity contribution >= 4 is 23.4 Å². The topological polar surface area (TPSA) is 94.2 Å². The number of piperazine rings is 1. The van der Waals surface area contributed by atoms with Gasteiger partial charge in [-0.15, -0.1) is 0 Å². The third-order valence-electron chi connectivity index (χ3n) is 9.65. The Balaban J connectivity index is 0.924. The van der Waals surface area contributed by atoms with Crippen molar-refractivity contribution < 1.29 is 23.5 Å². The first-order valence-electron chi connectivity index (χ1n) is 15.1. The Morgan fingerprint density at radius 2 is 1.81 bits per heavy atom. The number of halogens is 1. The molecule has 0 bridgehead atoms. The first-order valence-corrected chi connectivity index (χ1v) is 15.1. The number of amides is 3. The van der Waals surface area contributed by atoms with E-state index in [-0.39, 0.29) is 30.0 Å². The first kappa shape index (κ1) is 28.6. The third kappa shape index (κ3) is 6.15. The van der Waals surface area contributed by atoms with Gasteiger partial charge in [0, 0.05) is 57.8 Å². The molecule has 4 aliphatic rings. The molecule has 2 aromatic rings. The van der Waals surface area contributed by atoms with Gasteiger partial charge in [-0.05, 0) is 79.3 Å². The van der Waals surface area contributed by atoms with Gasteiger partial charge in [0.1, 0.15) is 11.6 Å². The van der Waals surface area contributed by atoms with Crippen molar-refractivity contribution in [3.63, 3.8) is 0 Å². The van der Waals surface area contributed by atoms with Gasteiger partial charge in [0.05, 0.1) is 18.7 Å². The summed E-state index contributed by atoms with van der Waals surface area (Å²) < 4.78 is 20.3. The van der Waals surface area contributed by atoms with E-state index in [1.54, 1.807) is 25.3 Å². The second-order valence-electron chi connectivity index (χ2n) is 12.5. The molecule has 1 spiro atoms. The number of piperidine rings is 1. The zero-order valence-corrected chi connectivity index (χ0v) is 24.2. The molecule has 2 aromatic carbocycles. The summed E-state index contributed by atoms with van der Waals surface area (Å²) in [5.74, 6) is -0.133. The van der Waals surface area contributed by atoms with Crippen molar-refractivity contribution in [1.82, 2.24) is 20.7 Å². The fourth-order valence-electron chi connectivity index (χ4n) is 7.15. The van der Waals surface area contributed by atoms with Crippen molar-refractivity contribution in [3.8, 4) is 5.75 Å². The van der Waals surface area contributed by atoms with Crippen LogP contribution in [0.3, 0.4) is 0 Å². The molecule has 1 atom stereocenters. The number of rotatable bonds is 7. The van der Waals surface area contributed by atoms with Crippen molar-refractivity contribution in [2.45, 2.75) is 44.4 Å². The zero-order valence-electron chi connectivity index (χ0n) is 24.2. The zero-order chi connectivity index (χ0) is 29.3. The van der Waals surface area contributed by atoms with Gasteiger partial charge in [-0.1, -0.05) is 12.1 Å². The summed E-state index contributed by atoms with van der Waals surface area (Å²) in [5.41, 5.74) is 5.17. The summed E-state index contributed by atoms with van der Waals surface area (Å²) in [6.45, 7) is 6.24. The van der Waals surface area contributed by atoms with Crippen LogP contribution in [-0.4, -0.2) is 80.6 Å². The molecule has 3 aliphatic heterocycles. The Bertz CT molecular complexity index is 1330. The van der Waals surface area contributed by atoms with Crippen LogP contribution in [0.2, 0.25) is 0 Å². The monoisotopic (exact) mass is 577 g/mol. The quantitative estimate of drug-likeness (QED) is 0.488. The van der Waals surface area contributed by atoms with Gasteiger partial charge in [0.25, 0.3) is 5.91 Å². The van der Waals surface area contributed by atoms with Crippen LogP contribution in [0.25, 0.3) is 0 Å². The van der Waals surface area contributed by atoms with E-state index in [4.69, 9.17) is 4.74 Å². The minimum atomic E-state index is -0.474. The number of carbonyl (C=O) groups is 3. The molecule has 9 nitrogen and oxygen atoms in total. The fourth-order valence-corrected chi connectivity index (χ4v) is 7.15. The van der Waals surface area contributed by atoms with Crippen LogP contribution in [0.5, 0.6) is 5.75 Å². The summed E-state index contributed by atoms with van der Waals surface area (Å²) in [7, 11) is 1.60. The average Bonchev–Trinajstić information content (AvgIpc) is 2.98. The van der Waals surface area contributed by atoms with Crippen molar-refractivity contribution in [2.75, 3.05) is 57.8 Å². The van der Waals surface area contributed by atoms with Crippen molar-refractivity contribution in [2.24, 2.45) is 11.3 Å². The summed E-state index contributed by atoms with van der Waals surface area (Å²) in [4.78, 5) is 40.9. The number of ether oxygens (including phenoxy) is 1. The smallest absolute Gasteiger partial charge is 0.265 e. The summed E-state index contributed by atoms with van der Waals surface area (Å²) >= 11 is 0. The molecule has 3 saturated heterocycles. The van der Waals surface area contributed by atoms with Crippen LogP contribution in [0.15, 0.2) is 42.5 Å². The lowest BCUT2D eigenvalue weighted by Gasteiger charge is -2.53. The van der Waals surface area contributed by atoms with Crippen molar-refractivity contribution in [1.29, 1.82) is 0 Å². The summed E-state index contributed by atoms with van der Waals surface area (Å²) in [6, 6.07) is 12.3. The van der Waals surface area contributed by atoms with Crippen LogP contribution in [-0.2, 0) is 9.59 Å². The number of nitrogens with zero attached hydrogens (tertiary/aromatic N) is 3. The van der Waals surface area contributed by atoms with E-state index in [2.05, 4.69) is 20.5 Å². The number of hydrogen-bond donors (Lipinski definition) is 2. The molecule has 3 heterocycles. The van der Waals surface area contributed by atoms with Crippen LogP contribution >= 0.6 is 0 Å². The SMILES string of the molecule is COc1cccc(C(=O)NN2CC3(CCC(CN4CCN(c5ccc(C6CCC(=O)NC6=O)cc5F)CC4)CC3)C2)c1. The minimum absolute atomic E-state index is 0.0956. The highest BCUT2D eigenvalue weighted by Gasteiger charge is 2.46. The summed E-state index contributed by atoms with van der Waals surface area (Å²) in [5, 5.41) is 4.39. The lowest BCUT2D eigenvalue weighted by molar-refractivity contribution is -0.134. The van der Waals surface area contributed by atoms with E-state index >= 15 is 4.39 Å². The van der Waals surface area contributed by atoms with Gasteiger partial charge in [-0.2, -0.15) is 0 Å². The van der Waals surface area contributed by atoms with Gasteiger partial charge in [0.15, 0.2) is 0 Å². The number of hydrazine groups is 1. The number of benzene rings is 2. The second kappa shape index (κ2) is 12.0. The van der Waals surface area contributed by atoms with E-state index in [1.165, 1.54) is 31.7 Å². The highest BCUT2D eigenvalue weighted by molar-refractivity contribution is 6.01. The minimum Gasteiger partial charge on any atom is -0.497 e. The molecule has 1 aliphatic carbocycles. The fraction of sp³-hybridized carbons (Fsp3) is 0.531. The molecule has 1 saturated carbocycles. The largest absolute Gasteiger partial charge is 0.497 e. The summed E-state index contributed by atoms with van der Waals surface area (Å²) in [6.07, 6.45) is 5.49. The van der Waals surface area contributed by atoms with E-state index in [0.717, 1.165) is 45.8 Å². The molecular formula is C32H40FN5O4. The highest BCUT2D eigenvalue weighted by Crippen LogP contribution is 2.45. The van der Waals surface area contributed by atoms with Gasteiger partial charge < -0.3 is 9.64 Å². The lowest BCUT2D eigenvalue weighted by atomic mass is 9.66. The number of carbonyl (C=O) groups excluding carboxylic acids is 3. The third-order valence-corrected chi connectivity index (χ3v) is 9.65. The number of nitrogens with one attached hydrogen (secondary N) is 2. The Hall–Kier alpha value is -3.50. The Morgan fingerprint density at radius 3 is 2.50 bits per heavy atom. The predicted molar refractivity (Wildman–Crippen MR) is 157 cm³/mol. The number of methoxy groups -OCH3 is 1. The van der Waals surface area contributed by atoms with Crippen LogP contribution < -0.4 is 20.4 Å². The Morgan fingerprint density at radius 1 is 1.05 bits per heavy atom. The average molecular weight is 578 g/mol. The van der Waals surface area contributed by atoms with Crippen LogP contribution in [0.1, 0.15) is 60.4 Å². The maximum absolute atomic E-state index is 15.1. The van der Waals surface area contributed by atoms with Crippen LogP contribution in [0.4, 0.5) is 10.1 Å². The maximum Gasteiger partial charge on any atom is 0.265 e. The number of hydrogen-bond acceptors (Lipinski definition) is 7. The standard InChI is InChI=1S/C32H40FN5O4/c1-42-25-4-2-3-24(17-25)30(40)35-38-20-32(21-38)11-9-22(10-12-32)19-36-13-15-37(16-14-36)28-7-5-23(18-27(28)33)26-6-8-29(39)34-31(26)41/h2-5,7,17-18,22,26H,6,8-16,19-21H2,1H3,(H,35,40)(H,34,39,41). The van der Waals surface area contributed by atoms with E-state index in [1.807, 2.05) is 23.2 Å². The molecule has 3 amide bonds. The number of imide groups is 1. The molecule has 0 aromatic heterocycles.